The van der Waals surface area contributed by atoms with Crippen molar-refractivity contribution in [2.24, 2.45) is 5.92 Å². The van der Waals surface area contributed by atoms with E-state index in [-0.39, 0.29) is 25.0 Å². The van der Waals surface area contributed by atoms with E-state index in [9.17, 15) is 4.79 Å². The molecule has 1 saturated heterocycles. The Morgan fingerprint density at radius 3 is 3.06 bits per heavy atom. The van der Waals surface area contributed by atoms with Crippen LogP contribution in [0.3, 0.4) is 0 Å². The minimum atomic E-state index is -0.175. The number of hydrogen-bond acceptors (Lipinski definition) is 4. The highest BCUT2D eigenvalue weighted by atomic mass is 32.1. The van der Waals surface area contributed by atoms with Gasteiger partial charge in [-0.25, -0.2) is 0 Å². The fraction of sp³-hybridized carbons (Fsp3) is 0.462. The fourth-order valence-electron chi connectivity index (χ4n) is 1.99. The van der Waals surface area contributed by atoms with Gasteiger partial charge in [0.05, 0.1) is 10.4 Å². The van der Waals surface area contributed by atoms with Crippen LogP contribution in [0.4, 0.5) is 0 Å². The molecule has 0 radical (unpaired) electrons. The van der Waals surface area contributed by atoms with Crippen LogP contribution in [0.1, 0.15) is 21.7 Å². The number of carbonyl (C=O) groups excluding carboxylic acids is 1. The molecule has 1 fully saturated rings. The van der Waals surface area contributed by atoms with Crippen LogP contribution in [-0.2, 0) is 0 Å². The molecule has 0 bridgehead atoms. The van der Waals surface area contributed by atoms with Crippen molar-refractivity contribution in [2.75, 3.05) is 26.3 Å². The number of amides is 1. The second-order valence-electron chi connectivity index (χ2n) is 4.25. The van der Waals surface area contributed by atoms with Gasteiger partial charge in [-0.15, -0.1) is 11.3 Å². The van der Waals surface area contributed by atoms with Crippen LogP contribution in [0.15, 0.2) is 11.4 Å². The van der Waals surface area contributed by atoms with Crippen LogP contribution in [-0.4, -0.2) is 47.3 Å². The minimum absolute atomic E-state index is 0.000696. The molecular weight excluding hydrogens is 250 g/mol. The second-order valence-corrected chi connectivity index (χ2v) is 5.16. The molecule has 1 aliphatic rings. The standard InChI is InChI=1S/C13H15NO3S/c15-5-1-2-12-6-11(9-18-12)13(17)14-4-3-10(7-14)8-16/h6,9-10,15-16H,3-5,7-8H2. The second kappa shape index (κ2) is 6.01. The van der Waals surface area contributed by atoms with Gasteiger partial charge in [0.1, 0.15) is 6.61 Å². The van der Waals surface area contributed by atoms with E-state index >= 15 is 0 Å². The van der Waals surface area contributed by atoms with Gasteiger partial charge < -0.3 is 15.1 Å². The van der Waals surface area contributed by atoms with Gasteiger partial charge in [-0.05, 0) is 12.5 Å². The lowest BCUT2D eigenvalue weighted by Gasteiger charge is -2.14. The summed E-state index contributed by atoms with van der Waals surface area (Å²) >= 11 is 1.40. The summed E-state index contributed by atoms with van der Waals surface area (Å²) in [6.45, 7) is 1.30. The van der Waals surface area contributed by atoms with Crippen molar-refractivity contribution in [2.45, 2.75) is 6.42 Å². The smallest absolute Gasteiger partial charge is 0.254 e. The topological polar surface area (TPSA) is 60.8 Å². The number of thiophene rings is 1. The van der Waals surface area contributed by atoms with Crippen LogP contribution < -0.4 is 0 Å². The SMILES string of the molecule is O=C(c1csc(C#CCO)c1)N1CCC(CO)C1. The summed E-state index contributed by atoms with van der Waals surface area (Å²) in [4.78, 5) is 14.7. The van der Waals surface area contributed by atoms with E-state index in [1.54, 1.807) is 16.3 Å². The number of carbonyl (C=O) groups is 1. The highest BCUT2D eigenvalue weighted by Crippen LogP contribution is 2.21. The molecule has 2 rings (SSSR count). The molecule has 0 saturated carbocycles. The van der Waals surface area contributed by atoms with Gasteiger partial charge in [0, 0.05) is 31.0 Å². The van der Waals surface area contributed by atoms with Crippen molar-refractivity contribution in [3.05, 3.63) is 21.9 Å². The quantitative estimate of drug-likeness (QED) is 0.768. The molecule has 2 heterocycles. The number of aliphatic hydroxyl groups is 2. The van der Waals surface area contributed by atoms with E-state index in [4.69, 9.17) is 10.2 Å². The molecule has 1 unspecified atom stereocenters. The molecular formula is C13H15NO3S. The fourth-order valence-corrected chi connectivity index (χ4v) is 2.74. The summed E-state index contributed by atoms with van der Waals surface area (Å²) in [5.41, 5.74) is 0.640. The van der Waals surface area contributed by atoms with Crippen molar-refractivity contribution in [1.82, 2.24) is 4.90 Å². The summed E-state index contributed by atoms with van der Waals surface area (Å²) in [5, 5.41) is 19.5. The Morgan fingerprint density at radius 1 is 1.56 bits per heavy atom. The highest BCUT2D eigenvalue weighted by Gasteiger charge is 2.26. The predicted molar refractivity (Wildman–Crippen MR) is 69.4 cm³/mol. The first kappa shape index (κ1) is 13.1. The van der Waals surface area contributed by atoms with Gasteiger partial charge in [0.15, 0.2) is 0 Å². The van der Waals surface area contributed by atoms with Gasteiger partial charge in [-0.3, -0.25) is 4.79 Å². The molecule has 18 heavy (non-hydrogen) atoms. The summed E-state index contributed by atoms with van der Waals surface area (Å²) in [7, 11) is 0. The van der Waals surface area contributed by atoms with E-state index in [2.05, 4.69) is 11.8 Å². The minimum Gasteiger partial charge on any atom is -0.396 e. The molecule has 1 atom stereocenters. The Kier molecular flexibility index (Phi) is 4.37. The highest BCUT2D eigenvalue weighted by molar-refractivity contribution is 7.10. The first-order valence-corrected chi connectivity index (χ1v) is 6.71. The number of likely N-dealkylation sites (tertiary alicyclic amines) is 1. The maximum atomic E-state index is 12.1. The predicted octanol–water partition coefficient (Wildman–Crippen LogP) is 0.546. The Morgan fingerprint density at radius 2 is 2.39 bits per heavy atom. The van der Waals surface area contributed by atoms with Gasteiger partial charge in [-0.2, -0.15) is 0 Å². The maximum Gasteiger partial charge on any atom is 0.254 e. The maximum absolute atomic E-state index is 12.1. The van der Waals surface area contributed by atoms with E-state index < -0.39 is 0 Å². The van der Waals surface area contributed by atoms with Gasteiger partial charge in [-0.1, -0.05) is 11.8 Å². The summed E-state index contributed by atoms with van der Waals surface area (Å²) < 4.78 is 0. The number of aliphatic hydroxyl groups excluding tert-OH is 2. The third kappa shape index (κ3) is 2.91. The third-order valence-electron chi connectivity index (χ3n) is 2.97. The Hall–Kier alpha value is -1.35. The number of hydrogen-bond donors (Lipinski definition) is 2. The van der Waals surface area contributed by atoms with E-state index in [0.29, 0.717) is 18.7 Å². The lowest BCUT2D eigenvalue weighted by atomic mass is 10.1. The summed E-state index contributed by atoms with van der Waals surface area (Å²) in [5.74, 6) is 5.56. The molecule has 0 spiro atoms. The molecule has 1 aromatic rings. The molecule has 4 nitrogen and oxygen atoms in total. The summed E-state index contributed by atoms with van der Waals surface area (Å²) in [6.07, 6.45) is 0.865. The molecule has 1 amide bonds. The molecule has 0 aliphatic carbocycles. The molecule has 5 heteroatoms. The van der Waals surface area contributed by atoms with Crippen molar-refractivity contribution < 1.29 is 15.0 Å². The summed E-state index contributed by atoms with van der Waals surface area (Å²) in [6, 6.07) is 1.75. The zero-order valence-corrected chi connectivity index (χ0v) is 10.7. The Labute approximate surface area is 110 Å². The van der Waals surface area contributed by atoms with E-state index in [0.717, 1.165) is 11.3 Å². The lowest BCUT2D eigenvalue weighted by molar-refractivity contribution is 0.0782. The zero-order chi connectivity index (χ0) is 13.0. The first-order valence-electron chi connectivity index (χ1n) is 5.83. The Bertz CT molecular complexity index is 486. The largest absolute Gasteiger partial charge is 0.396 e. The van der Waals surface area contributed by atoms with Crippen LogP contribution in [0.2, 0.25) is 0 Å². The van der Waals surface area contributed by atoms with Gasteiger partial charge in [0.2, 0.25) is 0 Å². The van der Waals surface area contributed by atoms with E-state index in [1.165, 1.54) is 11.3 Å². The monoisotopic (exact) mass is 265 g/mol. The molecule has 1 aromatic heterocycles. The average Bonchev–Trinajstić information content (AvgIpc) is 3.04. The van der Waals surface area contributed by atoms with Gasteiger partial charge in [0.25, 0.3) is 5.91 Å². The van der Waals surface area contributed by atoms with Crippen molar-refractivity contribution in [3.8, 4) is 11.8 Å². The van der Waals surface area contributed by atoms with E-state index in [1.807, 2.05) is 0 Å². The van der Waals surface area contributed by atoms with Crippen LogP contribution in [0.5, 0.6) is 0 Å². The van der Waals surface area contributed by atoms with Crippen LogP contribution in [0.25, 0.3) is 0 Å². The van der Waals surface area contributed by atoms with Crippen LogP contribution in [0, 0.1) is 17.8 Å². The average molecular weight is 265 g/mol. The van der Waals surface area contributed by atoms with Crippen molar-refractivity contribution >= 4 is 17.2 Å². The van der Waals surface area contributed by atoms with Gasteiger partial charge >= 0.3 is 0 Å². The lowest BCUT2D eigenvalue weighted by Crippen LogP contribution is -2.28. The molecule has 1 aliphatic heterocycles. The third-order valence-corrected chi connectivity index (χ3v) is 3.81. The number of rotatable bonds is 2. The van der Waals surface area contributed by atoms with Crippen LogP contribution >= 0.6 is 11.3 Å². The first-order chi connectivity index (χ1) is 8.74. The van der Waals surface area contributed by atoms with Crippen molar-refractivity contribution in [1.29, 1.82) is 0 Å². The number of nitrogens with zero attached hydrogens (tertiary/aromatic N) is 1. The Balaban J connectivity index is 2.03. The zero-order valence-electron chi connectivity index (χ0n) is 9.93. The molecule has 2 N–H and O–H groups in total. The van der Waals surface area contributed by atoms with Crippen molar-refractivity contribution in [3.63, 3.8) is 0 Å². The molecule has 96 valence electrons. The normalized spacial score (nSPS) is 18.6. The molecule has 0 aromatic carbocycles.